The van der Waals surface area contributed by atoms with Crippen molar-refractivity contribution in [1.82, 2.24) is 0 Å². The second-order valence-electron chi connectivity index (χ2n) is 5.61. The minimum atomic E-state index is -0.464. The van der Waals surface area contributed by atoms with Gasteiger partial charge in [-0.15, -0.1) is 0 Å². The molecule has 4 rings (SSSR count). The van der Waals surface area contributed by atoms with Gasteiger partial charge in [0.25, 0.3) is 0 Å². The predicted molar refractivity (Wildman–Crippen MR) is 91.2 cm³/mol. The van der Waals surface area contributed by atoms with E-state index in [2.05, 4.69) is 17.5 Å². The number of nitrogens with zero attached hydrogens (tertiary/aromatic N) is 3. The lowest BCUT2D eigenvalue weighted by atomic mass is 9.83. The number of nitrogens with one attached hydrogen (secondary N) is 1. The van der Waals surface area contributed by atoms with E-state index in [9.17, 15) is 10.5 Å². The van der Waals surface area contributed by atoms with E-state index in [0.29, 0.717) is 22.8 Å². The number of nitriles is 2. The van der Waals surface area contributed by atoms with E-state index in [0.717, 1.165) is 16.9 Å². The first-order valence-corrected chi connectivity index (χ1v) is 7.51. The highest BCUT2D eigenvalue weighted by Crippen LogP contribution is 2.47. The summed E-state index contributed by atoms with van der Waals surface area (Å²) in [5.74, 6) is 0.524. The van der Waals surface area contributed by atoms with Gasteiger partial charge >= 0.3 is 0 Å². The fourth-order valence-electron chi connectivity index (χ4n) is 3.28. The number of benzene rings is 2. The van der Waals surface area contributed by atoms with Crippen LogP contribution in [0.1, 0.15) is 11.5 Å². The van der Waals surface area contributed by atoms with Gasteiger partial charge < -0.3 is 11.1 Å². The molecular weight excluding hydrogens is 298 g/mol. The summed E-state index contributed by atoms with van der Waals surface area (Å²) in [6, 6.07) is 21.6. The van der Waals surface area contributed by atoms with E-state index in [1.54, 1.807) is 4.90 Å². The van der Waals surface area contributed by atoms with Gasteiger partial charge in [-0.2, -0.15) is 10.5 Å². The Bertz CT molecular complexity index is 973. The normalized spacial score (nSPS) is 18.4. The standard InChI is InChI=1S/C19H13N5/c20-10-13-17(12-6-2-1-3-7-12)14(11-21)19-23-15-8-4-5-9-16(15)24(19)18(13)22/h1-9,17,23H,22H2. The SMILES string of the molecule is N#CC1=C(N)N2C(=C(C#N)C1c1ccccc1)Nc1ccccc12. The summed E-state index contributed by atoms with van der Waals surface area (Å²) in [4.78, 5) is 1.76. The minimum Gasteiger partial charge on any atom is -0.384 e. The molecule has 0 saturated heterocycles. The van der Waals surface area contributed by atoms with Crippen LogP contribution >= 0.6 is 0 Å². The summed E-state index contributed by atoms with van der Waals surface area (Å²) in [5, 5.41) is 22.8. The molecule has 5 nitrogen and oxygen atoms in total. The molecule has 0 spiro atoms. The highest BCUT2D eigenvalue weighted by molar-refractivity contribution is 5.86. The molecule has 0 saturated carbocycles. The van der Waals surface area contributed by atoms with Gasteiger partial charge in [-0.3, -0.25) is 4.90 Å². The van der Waals surface area contributed by atoms with Gasteiger partial charge in [-0.1, -0.05) is 42.5 Å². The Morgan fingerprint density at radius 2 is 1.58 bits per heavy atom. The van der Waals surface area contributed by atoms with E-state index in [-0.39, 0.29) is 0 Å². The smallest absolute Gasteiger partial charge is 0.131 e. The van der Waals surface area contributed by atoms with Gasteiger partial charge in [0, 0.05) is 0 Å². The van der Waals surface area contributed by atoms with Gasteiger partial charge in [0.2, 0.25) is 0 Å². The van der Waals surface area contributed by atoms with Crippen LogP contribution in [0.4, 0.5) is 11.4 Å². The maximum atomic E-state index is 9.80. The molecule has 2 aliphatic heterocycles. The quantitative estimate of drug-likeness (QED) is 0.844. The molecule has 24 heavy (non-hydrogen) atoms. The van der Waals surface area contributed by atoms with Crippen molar-refractivity contribution in [3.05, 3.63) is 82.9 Å². The lowest BCUT2D eigenvalue weighted by Crippen LogP contribution is -2.34. The second-order valence-corrected chi connectivity index (χ2v) is 5.61. The summed E-state index contributed by atoms with van der Waals surface area (Å²) >= 11 is 0. The van der Waals surface area contributed by atoms with Crippen LogP contribution in [0, 0.1) is 22.7 Å². The molecule has 0 bridgehead atoms. The first-order chi connectivity index (χ1) is 11.8. The number of hydrogen-bond donors (Lipinski definition) is 2. The van der Waals surface area contributed by atoms with Gasteiger partial charge in [0.05, 0.1) is 40.6 Å². The number of rotatable bonds is 1. The summed E-state index contributed by atoms with van der Waals surface area (Å²) in [6.45, 7) is 0. The minimum absolute atomic E-state index is 0.359. The number of para-hydroxylation sites is 2. The van der Waals surface area contributed by atoms with Crippen LogP contribution in [0.3, 0.4) is 0 Å². The van der Waals surface area contributed by atoms with E-state index in [1.807, 2.05) is 54.6 Å². The Hall–Kier alpha value is -3.70. The Balaban J connectivity index is 1.99. The van der Waals surface area contributed by atoms with Crippen molar-refractivity contribution in [3.8, 4) is 12.1 Å². The average molecular weight is 311 g/mol. The maximum Gasteiger partial charge on any atom is 0.131 e. The molecule has 3 N–H and O–H groups in total. The summed E-state index contributed by atoms with van der Waals surface area (Å²) in [6.07, 6.45) is 0. The fourth-order valence-corrected chi connectivity index (χ4v) is 3.28. The van der Waals surface area contributed by atoms with E-state index >= 15 is 0 Å². The van der Waals surface area contributed by atoms with Gasteiger partial charge in [-0.25, -0.2) is 0 Å². The molecular formula is C19H13N5. The summed E-state index contributed by atoms with van der Waals surface area (Å²) in [5.41, 5.74) is 9.80. The summed E-state index contributed by atoms with van der Waals surface area (Å²) < 4.78 is 0. The molecule has 2 aliphatic rings. The average Bonchev–Trinajstić information content (AvgIpc) is 3.02. The Kier molecular flexibility index (Phi) is 3.01. The van der Waals surface area contributed by atoms with Crippen LogP contribution in [-0.2, 0) is 0 Å². The topological polar surface area (TPSA) is 88.9 Å². The summed E-state index contributed by atoms with van der Waals surface area (Å²) in [7, 11) is 0. The number of nitrogens with two attached hydrogens (primary N) is 1. The Labute approximate surface area is 139 Å². The van der Waals surface area contributed by atoms with Gasteiger partial charge in [0.1, 0.15) is 11.6 Å². The third-order valence-corrected chi connectivity index (χ3v) is 4.34. The van der Waals surface area contributed by atoms with Crippen molar-refractivity contribution in [2.75, 3.05) is 10.2 Å². The molecule has 5 heteroatoms. The van der Waals surface area contributed by atoms with Crippen molar-refractivity contribution >= 4 is 11.4 Å². The van der Waals surface area contributed by atoms with Crippen LogP contribution in [0.5, 0.6) is 0 Å². The van der Waals surface area contributed by atoms with Crippen LogP contribution in [0.15, 0.2) is 77.4 Å². The fraction of sp³-hybridized carbons (Fsp3) is 0.0526. The van der Waals surface area contributed by atoms with Crippen molar-refractivity contribution < 1.29 is 0 Å². The van der Waals surface area contributed by atoms with Crippen LogP contribution in [0.2, 0.25) is 0 Å². The molecule has 0 aliphatic carbocycles. The van der Waals surface area contributed by atoms with Gasteiger partial charge in [-0.05, 0) is 17.7 Å². The second kappa shape index (κ2) is 5.19. The zero-order chi connectivity index (χ0) is 16.7. The zero-order valence-electron chi connectivity index (χ0n) is 12.7. The third-order valence-electron chi connectivity index (χ3n) is 4.34. The van der Waals surface area contributed by atoms with E-state index < -0.39 is 5.92 Å². The molecule has 2 heterocycles. The Morgan fingerprint density at radius 3 is 2.29 bits per heavy atom. The number of hydrogen-bond acceptors (Lipinski definition) is 5. The molecule has 0 fully saturated rings. The van der Waals surface area contributed by atoms with Crippen molar-refractivity contribution in [2.24, 2.45) is 5.73 Å². The predicted octanol–water partition coefficient (Wildman–Crippen LogP) is 3.14. The molecule has 0 radical (unpaired) electrons. The highest BCUT2D eigenvalue weighted by Gasteiger charge is 2.39. The zero-order valence-corrected chi connectivity index (χ0v) is 12.7. The first kappa shape index (κ1) is 13.9. The molecule has 114 valence electrons. The van der Waals surface area contributed by atoms with Crippen molar-refractivity contribution in [1.29, 1.82) is 10.5 Å². The van der Waals surface area contributed by atoms with Crippen LogP contribution < -0.4 is 16.0 Å². The first-order valence-electron chi connectivity index (χ1n) is 7.51. The van der Waals surface area contributed by atoms with E-state index in [4.69, 9.17) is 5.73 Å². The number of anilines is 2. The molecule has 0 amide bonds. The van der Waals surface area contributed by atoms with Crippen molar-refractivity contribution in [2.45, 2.75) is 5.92 Å². The molecule has 2 aromatic rings. The van der Waals surface area contributed by atoms with Crippen molar-refractivity contribution in [3.63, 3.8) is 0 Å². The maximum absolute atomic E-state index is 9.80. The molecule has 1 atom stereocenters. The molecule has 0 aromatic heterocycles. The molecule has 1 unspecified atom stereocenters. The Morgan fingerprint density at radius 1 is 0.917 bits per heavy atom. The highest BCUT2D eigenvalue weighted by atomic mass is 15.3. The monoisotopic (exact) mass is 311 g/mol. The lowest BCUT2D eigenvalue weighted by Gasteiger charge is -2.31. The van der Waals surface area contributed by atoms with E-state index in [1.165, 1.54) is 0 Å². The lowest BCUT2D eigenvalue weighted by molar-refractivity contribution is 0.868. The van der Waals surface area contributed by atoms with Crippen LogP contribution in [0.25, 0.3) is 0 Å². The third kappa shape index (κ3) is 1.79. The largest absolute Gasteiger partial charge is 0.384 e. The molecule has 2 aromatic carbocycles. The number of allylic oxidation sites excluding steroid dienone is 2. The number of fused-ring (bicyclic) bond motifs is 3. The van der Waals surface area contributed by atoms with Gasteiger partial charge in [0.15, 0.2) is 0 Å². The van der Waals surface area contributed by atoms with Crippen LogP contribution in [-0.4, -0.2) is 0 Å².